The Kier molecular flexibility index (Phi) is 3.88. The van der Waals surface area contributed by atoms with E-state index in [1.54, 1.807) is 36.8 Å². The van der Waals surface area contributed by atoms with E-state index in [1.165, 1.54) is 11.3 Å². The molecule has 0 spiro atoms. The summed E-state index contributed by atoms with van der Waals surface area (Å²) in [5.41, 5.74) is 6.86. The number of amides is 1. The fourth-order valence-corrected chi connectivity index (χ4v) is 2.69. The maximum absolute atomic E-state index is 11.9. The number of ether oxygens (including phenoxy) is 1. The van der Waals surface area contributed by atoms with Crippen LogP contribution < -0.4 is 15.8 Å². The van der Waals surface area contributed by atoms with E-state index in [1.807, 2.05) is 0 Å². The Labute approximate surface area is 117 Å². The van der Waals surface area contributed by atoms with Crippen LogP contribution in [0.5, 0.6) is 5.75 Å². The Hall–Kier alpha value is -1.53. The zero-order valence-electron chi connectivity index (χ0n) is 9.57. The lowest BCUT2D eigenvalue weighted by molar-refractivity contribution is 0.103. The van der Waals surface area contributed by atoms with Crippen molar-refractivity contribution in [2.24, 2.45) is 0 Å². The highest BCUT2D eigenvalue weighted by molar-refractivity contribution is 9.10. The molecule has 6 heteroatoms. The number of methoxy groups -OCH3 is 1. The third-order valence-electron chi connectivity index (χ3n) is 2.31. The van der Waals surface area contributed by atoms with Crippen LogP contribution >= 0.6 is 27.3 Å². The highest BCUT2D eigenvalue weighted by atomic mass is 79.9. The SMILES string of the molecule is COc1ccc(NC(=O)c2sccc2N)cc1Br. The molecule has 1 amide bonds. The van der Waals surface area contributed by atoms with Crippen molar-refractivity contribution >= 4 is 44.5 Å². The summed E-state index contributed by atoms with van der Waals surface area (Å²) in [6.07, 6.45) is 0. The molecule has 3 N–H and O–H groups in total. The Morgan fingerprint density at radius 1 is 1.44 bits per heavy atom. The molecule has 0 fully saturated rings. The summed E-state index contributed by atoms with van der Waals surface area (Å²) < 4.78 is 5.90. The number of thiophene rings is 1. The number of carbonyl (C=O) groups excluding carboxylic acids is 1. The zero-order chi connectivity index (χ0) is 13.1. The maximum Gasteiger partial charge on any atom is 0.267 e. The van der Waals surface area contributed by atoms with E-state index in [0.29, 0.717) is 22.0 Å². The minimum atomic E-state index is -0.209. The number of halogens is 1. The van der Waals surface area contributed by atoms with Gasteiger partial charge in [0.25, 0.3) is 5.91 Å². The molecule has 1 aromatic heterocycles. The molecule has 1 heterocycles. The predicted molar refractivity (Wildman–Crippen MR) is 77.4 cm³/mol. The molecule has 0 radical (unpaired) electrons. The molecule has 0 bridgehead atoms. The van der Waals surface area contributed by atoms with Crippen LogP contribution in [0.3, 0.4) is 0 Å². The molecule has 18 heavy (non-hydrogen) atoms. The number of nitrogen functional groups attached to an aromatic ring is 1. The molecule has 0 aliphatic heterocycles. The van der Waals surface area contributed by atoms with Gasteiger partial charge in [0.15, 0.2) is 0 Å². The summed E-state index contributed by atoms with van der Waals surface area (Å²) in [5.74, 6) is 0.503. The highest BCUT2D eigenvalue weighted by Gasteiger charge is 2.12. The van der Waals surface area contributed by atoms with Crippen LogP contribution in [0.2, 0.25) is 0 Å². The van der Waals surface area contributed by atoms with Crippen LogP contribution in [0.4, 0.5) is 11.4 Å². The normalized spacial score (nSPS) is 10.1. The second kappa shape index (κ2) is 5.41. The molecular formula is C12H11BrN2O2S. The van der Waals surface area contributed by atoms with E-state index in [4.69, 9.17) is 10.5 Å². The van der Waals surface area contributed by atoms with Gasteiger partial charge in [0.1, 0.15) is 10.6 Å². The maximum atomic E-state index is 11.9. The van der Waals surface area contributed by atoms with Gasteiger partial charge >= 0.3 is 0 Å². The minimum Gasteiger partial charge on any atom is -0.496 e. The first-order chi connectivity index (χ1) is 8.61. The van der Waals surface area contributed by atoms with Crippen molar-refractivity contribution in [2.75, 3.05) is 18.2 Å². The van der Waals surface area contributed by atoms with Gasteiger partial charge in [-0.3, -0.25) is 4.79 Å². The molecule has 2 aromatic rings. The second-order valence-corrected chi connectivity index (χ2v) is 5.28. The molecule has 0 saturated heterocycles. The van der Waals surface area contributed by atoms with Crippen molar-refractivity contribution in [1.82, 2.24) is 0 Å². The molecular weight excluding hydrogens is 316 g/mol. The van der Waals surface area contributed by atoms with Gasteiger partial charge in [0, 0.05) is 5.69 Å². The Balaban J connectivity index is 2.17. The number of nitrogens with one attached hydrogen (secondary N) is 1. The number of anilines is 2. The van der Waals surface area contributed by atoms with E-state index >= 15 is 0 Å². The van der Waals surface area contributed by atoms with Crippen LogP contribution in [-0.4, -0.2) is 13.0 Å². The molecule has 0 aliphatic rings. The summed E-state index contributed by atoms with van der Waals surface area (Å²) in [4.78, 5) is 12.5. The van der Waals surface area contributed by atoms with Gasteiger partial charge < -0.3 is 15.8 Å². The van der Waals surface area contributed by atoms with Crippen molar-refractivity contribution in [1.29, 1.82) is 0 Å². The lowest BCUT2D eigenvalue weighted by Crippen LogP contribution is -2.11. The first-order valence-corrected chi connectivity index (χ1v) is 6.77. The number of rotatable bonds is 3. The van der Waals surface area contributed by atoms with Crippen molar-refractivity contribution in [2.45, 2.75) is 0 Å². The third-order valence-corrected chi connectivity index (χ3v) is 3.86. The average Bonchev–Trinajstić information content (AvgIpc) is 2.76. The summed E-state index contributed by atoms with van der Waals surface area (Å²) in [7, 11) is 1.59. The topological polar surface area (TPSA) is 64.3 Å². The number of carbonyl (C=O) groups is 1. The van der Waals surface area contributed by atoms with Gasteiger partial charge in [-0.05, 0) is 45.6 Å². The van der Waals surface area contributed by atoms with Gasteiger partial charge in [0.2, 0.25) is 0 Å². The van der Waals surface area contributed by atoms with Gasteiger partial charge in [-0.2, -0.15) is 0 Å². The number of nitrogens with two attached hydrogens (primary N) is 1. The predicted octanol–water partition coefficient (Wildman–Crippen LogP) is 3.35. The van der Waals surface area contributed by atoms with Crippen LogP contribution in [-0.2, 0) is 0 Å². The largest absolute Gasteiger partial charge is 0.496 e. The number of hydrogen-bond donors (Lipinski definition) is 2. The summed E-state index contributed by atoms with van der Waals surface area (Å²) >= 11 is 4.68. The number of benzene rings is 1. The van der Waals surface area contributed by atoms with Gasteiger partial charge in [-0.1, -0.05) is 0 Å². The lowest BCUT2D eigenvalue weighted by Gasteiger charge is -2.07. The summed E-state index contributed by atoms with van der Waals surface area (Å²) in [5, 5.41) is 4.57. The highest BCUT2D eigenvalue weighted by Crippen LogP contribution is 2.28. The molecule has 2 rings (SSSR count). The zero-order valence-corrected chi connectivity index (χ0v) is 12.0. The first-order valence-electron chi connectivity index (χ1n) is 5.09. The van der Waals surface area contributed by atoms with Crippen molar-refractivity contribution in [3.8, 4) is 5.75 Å². The molecule has 0 unspecified atom stereocenters. The molecule has 1 aromatic carbocycles. The minimum absolute atomic E-state index is 0.209. The average molecular weight is 327 g/mol. The van der Waals surface area contributed by atoms with Gasteiger partial charge in [0.05, 0.1) is 17.3 Å². The Morgan fingerprint density at radius 2 is 2.22 bits per heavy atom. The quantitative estimate of drug-likeness (QED) is 0.909. The lowest BCUT2D eigenvalue weighted by atomic mass is 10.3. The molecule has 0 atom stereocenters. The Morgan fingerprint density at radius 3 is 2.78 bits per heavy atom. The fourth-order valence-electron chi connectivity index (χ4n) is 1.44. The van der Waals surface area contributed by atoms with E-state index < -0.39 is 0 Å². The second-order valence-electron chi connectivity index (χ2n) is 3.51. The standard InChI is InChI=1S/C12H11BrN2O2S/c1-17-10-3-2-7(6-8(10)13)15-12(16)11-9(14)4-5-18-11/h2-6H,14H2,1H3,(H,15,16). The van der Waals surface area contributed by atoms with E-state index in [0.717, 1.165) is 4.47 Å². The Bertz CT molecular complexity index is 583. The van der Waals surface area contributed by atoms with Crippen molar-refractivity contribution in [3.05, 3.63) is 39.0 Å². The van der Waals surface area contributed by atoms with Crippen LogP contribution in [0, 0.1) is 0 Å². The van der Waals surface area contributed by atoms with Crippen LogP contribution in [0.25, 0.3) is 0 Å². The van der Waals surface area contributed by atoms with Crippen LogP contribution in [0.15, 0.2) is 34.1 Å². The molecule has 0 saturated carbocycles. The van der Waals surface area contributed by atoms with Gasteiger partial charge in [-0.15, -0.1) is 11.3 Å². The summed E-state index contributed by atoms with van der Waals surface area (Å²) in [6.45, 7) is 0. The summed E-state index contributed by atoms with van der Waals surface area (Å²) in [6, 6.07) is 7.03. The molecule has 94 valence electrons. The van der Waals surface area contributed by atoms with E-state index in [9.17, 15) is 4.79 Å². The van der Waals surface area contributed by atoms with Crippen molar-refractivity contribution < 1.29 is 9.53 Å². The van der Waals surface area contributed by atoms with Gasteiger partial charge in [-0.25, -0.2) is 0 Å². The number of hydrogen-bond acceptors (Lipinski definition) is 4. The molecule has 0 aliphatic carbocycles. The molecule has 4 nitrogen and oxygen atoms in total. The van der Waals surface area contributed by atoms with E-state index in [2.05, 4.69) is 21.2 Å². The monoisotopic (exact) mass is 326 g/mol. The van der Waals surface area contributed by atoms with Crippen LogP contribution in [0.1, 0.15) is 9.67 Å². The van der Waals surface area contributed by atoms with E-state index in [-0.39, 0.29) is 5.91 Å². The fraction of sp³-hybridized carbons (Fsp3) is 0.0833. The third kappa shape index (κ3) is 2.65. The first kappa shape index (κ1) is 12.9. The smallest absolute Gasteiger partial charge is 0.267 e. The van der Waals surface area contributed by atoms with Crippen molar-refractivity contribution in [3.63, 3.8) is 0 Å².